The van der Waals surface area contributed by atoms with Crippen LogP contribution in [-0.2, 0) is 0 Å². The monoisotopic (exact) mass is 147 g/mol. The average molecular weight is 147 g/mol. The minimum atomic E-state index is 0.288. The molecule has 1 N–H and O–H groups in total. The van der Waals surface area contributed by atoms with Crippen LogP contribution >= 0.6 is 0 Å². The van der Waals surface area contributed by atoms with Crippen LogP contribution in [-0.4, -0.2) is 9.51 Å². The summed E-state index contributed by atoms with van der Waals surface area (Å²) in [5.74, 6) is 0.288. The van der Waals surface area contributed by atoms with Crippen molar-refractivity contribution in [2.75, 3.05) is 0 Å². The molecule has 2 heteroatoms. The lowest BCUT2D eigenvalue weighted by molar-refractivity contribution is 0.446. The summed E-state index contributed by atoms with van der Waals surface area (Å²) in [6.07, 6.45) is 1.91. The molecule has 0 fully saturated rings. The fourth-order valence-electron chi connectivity index (χ4n) is 1.26. The van der Waals surface area contributed by atoms with Gasteiger partial charge in [0, 0.05) is 11.7 Å². The second kappa shape index (κ2) is 2.02. The Bertz CT molecular complexity index is 389. The summed E-state index contributed by atoms with van der Waals surface area (Å²) in [5.41, 5.74) is 2.19. The predicted molar refractivity (Wildman–Crippen MR) is 43.8 cm³/mol. The first-order valence-corrected chi connectivity index (χ1v) is 3.54. The van der Waals surface area contributed by atoms with Gasteiger partial charge in [0.1, 0.15) is 0 Å². The van der Waals surface area contributed by atoms with Gasteiger partial charge >= 0.3 is 0 Å². The van der Waals surface area contributed by atoms with E-state index in [1.807, 2.05) is 31.3 Å². The zero-order valence-corrected chi connectivity index (χ0v) is 6.28. The van der Waals surface area contributed by atoms with Crippen LogP contribution in [0.2, 0.25) is 0 Å². The van der Waals surface area contributed by atoms with Crippen molar-refractivity contribution in [3.63, 3.8) is 0 Å². The van der Waals surface area contributed by atoms with Crippen LogP contribution in [0.25, 0.3) is 5.52 Å². The topological polar surface area (TPSA) is 24.6 Å². The van der Waals surface area contributed by atoms with E-state index in [2.05, 4.69) is 0 Å². The lowest BCUT2D eigenvalue weighted by Crippen LogP contribution is -1.80. The van der Waals surface area contributed by atoms with Gasteiger partial charge in [0.15, 0.2) is 5.88 Å². The van der Waals surface area contributed by atoms with Gasteiger partial charge in [-0.3, -0.25) is 4.40 Å². The molecule has 0 spiro atoms. The Morgan fingerprint density at radius 1 is 1.36 bits per heavy atom. The molecule has 0 aliphatic rings. The largest absolute Gasteiger partial charge is 0.494 e. The third kappa shape index (κ3) is 0.871. The van der Waals surface area contributed by atoms with Crippen molar-refractivity contribution in [1.29, 1.82) is 0 Å². The fraction of sp³-hybridized carbons (Fsp3) is 0.111. The highest BCUT2D eigenvalue weighted by Crippen LogP contribution is 2.15. The molecule has 0 saturated heterocycles. The van der Waals surface area contributed by atoms with Crippen LogP contribution in [0, 0.1) is 6.92 Å². The Balaban J connectivity index is 2.90. The number of aromatic hydroxyl groups is 1. The molecule has 2 heterocycles. The number of fused-ring (bicyclic) bond motifs is 1. The second-order valence-corrected chi connectivity index (χ2v) is 2.70. The number of hydrogen-bond acceptors (Lipinski definition) is 1. The summed E-state index contributed by atoms with van der Waals surface area (Å²) >= 11 is 0. The van der Waals surface area contributed by atoms with E-state index in [0.29, 0.717) is 0 Å². The van der Waals surface area contributed by atoms with E-state index in [4.69, 9.17) is 0 Å². The van der Waals surface area contributed by atoms with E-state index in [1.165, 1.54) is 0 Å². The fourth-order valence-corrected chi connectivity index (χ4v) is 1.26. The number of nitrogens with zero attached hydrogens (tertiary/aromatic N) is 1. The molecular weight excluding hydrogens is 138 g/mol. The number of rotatable bonds is 0. The number of hydrogen-bond donors (Lipinski definition) is 1. The maximum Gasteiger partial charge on any atom is 0.195 e. The lowest BCUT2D eigenvalue weighted by Gasteiger charge is -1.95. The molecule has 2 rings (SSSR count). The van der Waals surface area contributed by atoms with Gasteiger partial charge in [-0.05, 0) is 30.7 Å². The van der Waals surface area contributed by atoms with Gasteiger partial charge in [-0.1, -0.05) is 6.07 Å². The highest BCUT2D eigenvalue weighted by Gasteiger charge is 1.97. The third-order valence-electron chi connectivity index (χ3n) is 1.75. The first kappa shape index (κ1) is 6.28. The van der Waals surface area contributed by atoms with Crippen molar-refractivity contribution in [2.45, 2.75) is 6.92 Å². The van der Waals surface area contributed by atoms with Gasteiger partial charge in [-0.15, -0.1) is 0 Å². The Hall–Kier alpha value is -1.44. The van der Waals surface area contributed by atoms with E-state index < -0.39 is 0 Å². The van der Waals surface area contributed by atoms with Crippen LogP contribution in [0.5, 0.6) is 5.88 Å². The van der Waals surface area contributed by atoms with Crippen molar-refractivity contribution in [1.82, 2.24) is 4.40 Å². The SMILES string of the molecule is Cc1cc2cccc(O)n2c1. The van der Waals surface area contributed by atoms with Crippen LogP contribution in [0.4, 0.5) is 0 Å². The molecule has 0 aliphatic carbocycles. The zero-order chi connectivity index (χ0) is 7.84. The molecule has 0 atom stereocenters. The maximum atomic E-state index is 9.35. The van der Waals surface area contributed by atoms with E-state index >= 15 is 0 Å². The molecule has 0 aliphatic heterocycles. The quantitative estimate of drug-likeness (QED) is 0.605. The number of aromatic nitrogens is 1. The van der Waals surface area contributed by atoms with Gasteiger partial charge < -0.3 is 5.11 Å². The summed E-state index contributed by atoms with van der Waals surface area (Å²) in [4.78, 5) is 0. The normalized spacial score (nSPS) is 10.6. The van der Waals surface area contributed by atoms with Gasteiger partial charge in [-0.25, -0.2) is 0 Å². The van der Waals surface area contributed by atoms with Crippen molar-refractivity contribution in [3.8, 4) is 5.88 Å². The molecule has 0 unspecified atom stereocenters. The molecular formula is C9H9NO. The average Bonchev–Trinajstić information content (AvgIpc) is 2.31. The van der Waals surface area contributed by atoms with Crippen molar-refractivity contribution < 1.29 is 5.11 Å². The molecule has 2 aromatic heterocycles. The molecule has 0 aromatic carbocycles. The summed E-state index contributed by atoms with van der Waals surface area (Å²) in [5, 5.41) is 9.35. The molecule has 2 nitrogen and oxygen atoms in total. The molecule has 56 valence electrons. The van der Waals surface area contributed by atoms with Gasteiger partial charge in [0.25, 0.3) is 0 Å². The van der Waals surface area contributed by atoms with Crippen molar-refractivity contribution >= 4 is 5.52 Å². The lowest BCUT2D eigenvalue weighted by atomic mass is 10.3. The molecule has 0 saturated carbocycles. The van der Waals surface area contributed by atoms with E-state index in [0.717, 1.165) is 11.1 Å². The van der Waals surface area contributed by atoms with Crippen LogP contribution < -0.4 is 0 Å². The zero-order valence-electron chi connectivity index (χ0n) is 6.28. The maximum absolute atomic E-state index is 9.35. The summed E-state index contributed by atoms with van der Waals surface area (Å²) < 4.78 is 1.76. The molecule has 0 amide bonds. The number of pyridine rings is 1. The highest BCUT2D eigenvalue weighted by molar-refractivity contribution is 5.52. The molecule has 0 bridgehead atoms. The Labute approximate surface area is 64.7 Å². The van der Waals surface area contributed by atoms with Gasteiger partial charge in [0.05, 0.1) is 0 Å². The summed E-state index contributed by atoms with van der Waals surface area (Å²) in [6, 6.07) is 7.50. The van der Waals surface area contributed by atoms with E-state index in [-0.39, 0.29) is 5.88 Å². The minimum absolute atomic E-state index is 0.288. The highest BCUT2D eigenvalue weighted by atomic mass is 16.3. The van der Waals surface area contributed by atoms with Crippen molar-refractivity contribution in [2.24, 2.45) is 0 Å². The Morgan fingerprint density at radius 2 is 2.18 bits per heavy atom. The number of aryl methyl sites for hydroxylation is 1. The second-order valence-electron chi connectivity index (χ2n) is 2.70. The predicted octanol–water partition coefficient (Wildman–Crippen LogP) is 1.95. The molecule has 0 radical (unpaired) electrons. The van der Waals surface area contributed by atoms with E-state index in [9.17, 15) is 5.11 Å². The van der Waals surface area contributed by atoms with Crippen LogP contribution in [0.3, 0.4) is 0 Å². The Morgan fingerprint density at radius 3 is 2.91 bits per heavy atom. The van der Waals surface area contributed by atoms with Crippen LogP contribution in [0.15, 0.2) is 30.5 Å². The van der Waals surface area contributed by atoms with Gasteiger partial charge in [-0.2, -0.15) is 0 Å². The van der Waals surface area contributed by atoms with Crippen molar-refractivity contribution in [3.05, 3.63) is 36.0 Å². The van der Waals surface area contributed by atoms with Gasteiger partial charge in [0.2, 0.25) is 0 Å². The Kier molecular flexibility index (Phi) is 1.15. The minimum Gasteiger partial charge on any atom is -0.494 e. The standard InChI is InChI=1S/C9H9NO/c1-7-5-8-3-2-4-9(11)10(8)6-7/h2-6,11H,1H3. The molecule has 11 heavy (non-hydrogen) atoms. The molecule has 2 aromatic rings. The summed E-state index contributed by atoms with van der Waals surface area (Å²) in [6.45, 7) is 2.01. The van der Waals surface area contributed by atoms with Crippen LogP contribution in [0.1, 0.15) is 5.56 Å². The third-order valence-corrected chi connectivity index (χ3v) is 1.75. The smallest absolute Gasteiger partial charge is 0.195 e. The first-order valence-electron chi connectivity index (χ1n) is 3.54. The first-order chi connectivity index (χ1) is 5.27. The van der Waals surface area contributed by atoms with E-state index in [1.54, 1.807) is 10.5 Å². The summed E-state index contributed by atoms with van der Waals surface area (Å²) in [7, 11) is 0.